The van der Waals surface area contributed by atoms with Crippen LogP contribution in [0.4, 0.5) is 11.4 Å². The van der Waals surface area contributed by atoms with E-state index in [1.165, 1.54) is 5.39 Å². The van der Waals surface area contributed by atoms with Crippen LogP contribution in [0.15, 0.2) is 148 Å². The van der Waals surface area contributed by atoms with Crippen molar-refractivity contribution in [3.05, 3.63) is 140 Å². The van der Waals surface area contributed by atoms with E-state index in [0.29, 0.717) is 0 Å². The summed E-state index contributed by atoms with van der Waals surface area (Å²) in [4.78, 5) is 0. The van der Waals surface area contributed by atoms with E-state index in [1.807, 2.05) is 30.3 Å². The molecule has 0 aliphatic carbocycles. The summed E-state index contributed by atoms with van der Waals surface area (Å²) in [6.45, 7) is 0. The average molecular weight is 541 g/mol. The summed E-state index contributed by atoms with van der Waals surface area (Å²) in [6, 6.07) is 48.4. The third kappa shape index (κ3) is 3.49. The number of furan rings is 2. The maximum absolute atomic E-state index is 6.50. The lowest BCUT2D eigenvalue weighted by molar-refractivity contribution is 0.645. The summed E-state index contributed by atoms with van der Waals surface area (Å²) < 4.78 is 14.7. The van der Waals surface area contributed by atoms with Gasteiger partial charge in [-0.25, -0.2) is 0 Å². The van der Waals surface area contributed by atoms with Crippen LogP contribution in [-0.4, -0.2) is 4.57 Å². The third-order valence-electron chi connectivity index (χ3n) is 8.18. The molecule has 0 unspecified atom stereocenters. The number of para-hydroxylation sites is 3. The first-order valence-corrected chi connectivity index (χ1v) is 14.1. The second kappa shape index (κ2) is 8.88. The summed E-state index contributed by atoms with van der Waals surface area (Å²) in [6.07, 6.45) is 0. The Morgan fingerprint density at radius 3 is 2.00 bits per heavy atom. The normalized spacial score (nSPS) is 11.8. The molecule has 9 rings (SSSR count). The first kappa shape index (κ1) is 23.0. The van der Waals surface area contributed by atoms with Crippen LogP contribution >= 0.6 is 0 Å². The van der Waals surface area contributed by atoms with Gasteiger partial charge in [-0.2, -0.15) is 0 Å². The van der Waals surface area contributed by atoms with Crippen molar-refractivity contribution in [2.24, 2.45) is 0 Å². The number of hydrogen-bond acceptors (Lipinski definition) is 3. The van der Waals surface area contributed by atoms with Gasteiger partial charge in [0.1, 0.15) is 16.7 Å². The number of aromatic nitrogens is 1. The van der Waals surface area contributed by atoms with E-state index in [9.17, 15) is 0 Å². The summed E-state index contributed by atoms with van der Waals surface area (Å²) in [5.41, 5.74) is 10.2. The minimum absolute atomic E-state index is 0.872. The van der Waals surface area contributed by atoms with E-state index >= 15 is 0 Å². The molecule has 0 bridgehead atoms. The maximum Gasteiger partial charge on any atom is 0.213 e. The zero-order valence-electron chi connectivity index (χ0n) is 22.5. The number of anilines is 2. The van der Waals surface area contributed by atoms with Gasteiger partial charge in [-0.3, -0.25) is 4.57 Å². The lowest BCUT2D eigenvalue weighted by atomic mass is 10.0. The molecule has 198 valence electrons. The minimum Gasteiger partial charge on any atom is -0.456 e. The fraction of sp³-hybridized carbons (Fsp3) is 0. The van der Waals surface area contributed by atoms with Gasteiger partial charge in [-0.15, -0.1) is 0 Å². The molecule has 3 aromatic heterocycles. The molecule has 1 N–H and O–H groups in total. The largest absolute Gasteiger partial charge is 0.456 e. The SMILES string of the molecule is c1ccc(-n2c3ccccc3c3c4cc(-c5ccc(Nc6ccc7oc8ccccc8c7c6)cc5)ccc4oc32)cc1. The third-order valence-corrected chi connectivity index (χ3v) is 8.18. The van der Waals surface area contributed by atoms with Gasteiger partial charge in [0, 0.05) is 38.6 Å². The minimum atomic E-state index is 0.872. The molecule has 0 spiro atoms. The Morgan fingerprint density at radius 2 is 1.12 bits per heavy atom. The quantitative estimate of drug-likeness (QED) is 0.241. The summed E-state index contributed by atoms with van der Waals surface area (Å²) in [5, 5.41) is 9.25. The Balaban J connectivity index is 1.09. The van der Waals surface area contributed by atoms with Crippen LogP contribution in [0.3, 0.4) is 0 Å². The van der Waals surface area contributed by atoms with Crippen LogP contribution in [0, 0.1) is 0 Å². The van der Waals surface area contributed by atoms with E-state index in [4.69, 9.17) is 8.83 Å². The first-order valence-electron chi connectivity index (χ1n) is 14.1. The maximum atomic E-state index is 6.50. The zero-order chi connectivity index (χ0) is 27.6. The Labute approximate surface area is 241 Å². The first-order chi connectivity index (χ1) is 20.8. The highest BCUT2D eigenvalue weighted by Crippen LogP contribution is 2.40. The molecule has 0 saturated carbocycles. The van der Waals surface area contributed by atoms with Gasteiger partial charge in [0.25, 0.3) is 0 Å². The topological polar surface area (TPSA) is 43.2 Å². The molecule has 4 nitrogen and oxygen atoms in total. The van der Waals surface area contributed by atoms with Gasteiger partial charge in [-0.05, 0) is 77.9 Å². The molecule has 42 heavy (non-hydrogen) atoms. The molecule has 0 fully saturated rings. The van der Waals surface area contributed by atoms with Crippen molar-refractivity contribution >= 4 is 66.3 Å². The van der Waals surface area contributed by atoms with E-state index < -0.39 is 0 Å². The van der Waals surface area contributed by atoms with Gasteiger partial charge in [0.15, 0.2) is 0 Å². The van der Waals surface area contributed by atoms with Crippen LogP contribution in [0.1, 0.15) is 0 Å². The molecule has 0 amide bonds. The number of rotatable bonds is 4. The van der Waals surface area contributed by atoms with E-state index in [1.54, 1.807) is 0 Å². The number of nitrogens with zero attached hydrogens (tertiary/aromatic N) is 1. The molecule has 0 aliphatic rings. The fourth-order valence-corrected chi connectivity index (χ4v) is 6.22. The van der Waals surface area contributed by atoms with Crippen molar-refractivity contribution in [2.75, 3.05) is 5.32 Å². The molecule has 6 aromatic carbocycles. The molecule has 3 heterocycles. The summed E-state index contributed by atoms with van der Waals surface area (Å²) in [5.74, 6) is 0. The number of fused-ring (bicyclic) bond motifs is 8. The highest BCUT2D eigenvalue weighted by molar-refractivity contribution is 6.20. The molecule has 0 saturated heterocycles. The monoisotopic (exact) mass is 540 g/mol. The number of hydrogen-bond donors (Lipinski definition) is 1. The van der Waals surface area contributed by atoms with Gasteiger partial charge < -0.3 is 14.2 Å². The molecule has 0 aliphatic heterocycles. The summed E-state index contributed by atoms with van der Waals surface area (Å²) in [7, 11) is 0. The van der Waals surface area contributed by atoms with Gasteiger partial charge in [0.2, 0.25) is 5.71 Å². The number of nitrogens with one attached hydrogen (secondary N) is 1. The predicted molar refractivity (Wildman–Crippen MR) is 173 cm³/mol. The Morgan fingerprint density at radius 1 is 0.452 bits per heavy atom. The van der Waals surface area contributed by atoms with Crippen molar-refractivity contribution in [1.29, 1.82) is 0 Å². The molecule has 9 aromatic rings. The lowest BCUT2D eigenvalue weighted by Crippen LogP contribution is -1.91. The highest BCUT2D eigenvalue weighted by atomic mass is 16.3. The van der Waals surface area contributed by atoms with Crippen LogP contribution in [-0.2, 0) is 0 Å². The van der Waals surface area contributed by atoms with E-state index in [0.717, 1.165) is 77.7 Å². The predicted octanol–water partition coefficient (Wildman–Crippen LogP) is 10.8. The van der Waals surface area contributed by atoms with Crippen molar-refractivity contribution < 1.29 is 8.83 Å². The van der Waals surface area contributed by atoms with Crippen LogP contribution in [0.2, 0.25) is 0 Å². The van der Waals surface area contributed by atoms with Crippen LogP contribution in [0.25, 0.3) is 71.7 Å². The standard InChI is InChI=1S/C38H24N2O2/c1-2-8-28(9-3-1)40-33-12-6-4-11-30(33)37-32-22-25(16-20-36(32)42-38(37)40)24-14-17-26(18-15-24)39-27-19-21-35-31(23-27)29-10-5-7-13-34(29)41-35/h1-23,39H. The van der Waals surface area contributed by atoms with Gasteiger partial charge >= 0.3 is 0 Å². The van der Waals surface area contributed by atoms with E-state index in [-0.39, 0.29) is 0 Å². The second-order valence-corrected chi connectivity index (χ2v) is 10.7. The molecular weight excluding hydrogens is 516 g/mol. The Kier molecular flexibility index (Phi) is 4.87. The smallest absolute Gasteiger partial charge is 0.213 e. The van der Waals surface area contributed by atoms with Crippen LogP contribution in [0.5, 0.6) is 0 Å². The van der Waals surface area contributed by atoms with Gasteiger partial charge in [0.05, 0.1) is 10.9 Å². The number of benzene rings is 6. The summed E-state index contributed by atoms with van der Waals surface area (Å²) >= 11 is 0. The van der Waals surface area contributed by atoms with Crippen molar-refractivity contribution in [3.8, 4) is 16.8 Å². The van der Waals surface area contributed by atoms with Crippen molar-refractivity contribution in [3.63, 3.8) is 0 Å². The highest BCUT2D eigenvalue weighted by Gasteiger charge is 2.19. The molecular formula is C38H24N2O2. The molecule has 0 atom stereocenters. The molecule has 0 radical (unpaired) electrons. The Hall–Kier alpha value is -5.74. The lowest BCUT2D eigenvalue weighted by Gasteiger charge is -2.08. The van der Waals surface area contributed by atoms with E-state index in [2.05, 4.69) is 119 Å². The second-order valence-electron chi connectivity index (χ2n) is 10.7. The zero-order valence-corrected chi connectivity index (χ0v) is 22.5. The van der Waals surface area contributed by atoms with Crippen LogP contribution < -0.4 is 5.32 Å². The molecule has 4 heteroatoms. The van der Waals surface area contributed by atoms with Crippen molar-refractivity contribution in [2.45, 2.75) is 0 Å². The van der Waals surface area contributed by atoms with Gasteiger partial charge in [-0.1, -0.05) is 72.8 Å². The fourth-order valence-electron chi connectivity index (χ4n) is 6.22. The Bertz CT molecular complexity index is 2430. The van der Waals surface area contributed by atoms with Crippen molar-refractivity contribution in [1.82, 2.24) is 4.57 Å². The average Bonchev–Trinajstić information content (AvgIpc) is 3.70.